The van der Waals surface area contributed by atoms with Gasteiger partial charge in [-0.15, -0.1) is 0 Å². The molecule has 1 heterocycles. The van der Waals surface area contributed by atoms with Crippen molar-refractivity contribution in [2.75, 3.05) is 26.9 Å². The van der Waals surface area contributed by atoms with Gasteiger partial charge in [0.2, 0.25) is 0 Å². The van der Waals surface area contributed by atoms with Crippen molar-refractivity contribution in [1.82, 2.24) is 5.32 Å². The summed E-state index contributed by atoms with van der Waals surface area (Å²) in [6.45, 7) is 1.71. The van der Waals surface area contributed by atoms with Crippen LogP contribution in [0.15, 0.2) is 24.3 Å². The van der Waals surface area contributed by atoms with Gasteiger partial charge in [0.1, 0.15) is 5.75 Å². The number of amides is 1. The fraction of sp³-hybridized carbons (Fsp3) is 0.500. The van der Waals surface area contributed by atoms with Crippen LogP contribution < -0.4 is 15.8 Å². The van der Waals surface area contributed by atoms with Crippen molar-refractivity contribution in [2.45, 2.75) is 18.4 Å². The minimum absolute atomic E-state index is 0.102. The topological polar surface area (TPSA) is 73.6 Å². The number of nitrogens with one attached hydrogen (secondary N) is 1. The van der Waals surface area contributed by atoms with Gasteiger partial charge in [-0.3, -0.25) is 4.79 Å². The normalized spacial score (nSPS) is 17.8. The Kier molecular flexibility index (Phi) is 4.39. The van der Waals surface area contributed by atoms with Crippen LogP contribution in [0.1, 0.15) is 23.2 Å². The van der Waals surface area contributed by atoms with E-state index in [1.165, 1.54) is 0 Å². The van der Waals surface area contributed by atoms with Gasteiger partial charge in [0, 0.05) is 25.3 Å². The predicted molar refractivity (Wildman–Crippen MR) is 72.3 cm³/mol. The molecule has 1 saturated heterocycles. The molecule has 0 saturated carbocycles. The van der Waals surface area contributed by atoms with Gasteiger partial charge in [-0.1, -0.05) is 0 Å². The molecule has 3 N–H and O–H groups in total. The summed E-state index contributed by atoms with van der Waals surface area (Å²) in [5.41, 5.74) is 6.09. The summed E-state index contributed by atoms with van der Waals surface area (Å²) < 4.78 is 10.4. The Morgan fingerprint density at radius 2 is 2.00 bits per heavy atom. The van der Waals surface area contributed by atoms with Crippen molar-refractivity contribution in [3.05, 3.63) is 29.8 Å². The maximum absolute atomic E-state index is 12.2. The van der Waals surface area contributed by atoms with E-state index in [0.717, 1.165) is 18.6 Å². The van der Waals surface area contributed by atoms with Crippen LogP contribution in [0, 0.1) is 0 Å². The molecule has 104 valence electrons. The van der Waals surface area contributed by atoms with Crippen molar-refractivity contribution >= 4 is 5.91 Å². The number of nitrogens with two attached hydrogens (primary N) is 1. The van der Waals surface area contributed by atoms with Crippen LogP contribution >= 0.6 is 0 Å². The minimum atomic E-state index is -0.338. The first-order valence-electron chi connectivity index (χ1n) is 6.43. The SMILES string of the molecule is COc1ccc(C(=O)NC2(CN)CCOCC2)cc1. The lowest BCUT2D eigenvalue weighted by molar-refractivity contribution is 0.0388. The third-order valence-electron chi connectivity index (χ3n) is 3.57. The van der Waals surface area contributed by atoms with Crippen LogP contribution in [0.2, 0.25) is 0 Å². The van der Waals surface area contributed by atoms with Gasteiger partial charge in [0.05, 0.1) is 12.6 Å². The second-order valence-corrected chi connectivity index (χ2v) is 4.78. The lowest BCUT2D eigenvalue weighted by Gasteiger charge is -2.36. The van der Waals surface area contributed by atoms with Crippen LogP contribution in [-0.4, -0.2) is 38.3 Å². The average Bonchev–Trinajstić information content (AvgIpc) is 2.48. The second kappa shape index (κ2) is 6.04. The van der Waals surface area contributed by atoms with Gasteiger partial charge < -0.3 is 20.5 Å². The zero-order valence-corrected chi connectivity index (χ0v) is 11.1. The summed E-state index contributed by atoms with van der Waals surface area (Å²) in [5, 5.41) is 3.05. The van der Waals surface area contributed by atoms with Gasteiger partial charge in [-0.25, -0.2) is 0 Å². The highest BCUT2D eigenvalue weighted by molar-refractivity contribution is 5.94. The monoisotopic (exact) mass is 264 g/mol. The standard InChI is InChI=1S/C14H20N2O3/c1-18-12-4-2-11(3-5-12)13(17)16-14(10-15)6-8-19-9-7-14/h2-5H,6-10,15H2,1H3,(H,16,17). The molecule has 0 radical (unpaired) electrons. The second-order valence-electron chi connectivity index (χ2n) is 4.78. The molecule has 0 spiro atoms. The molecule has 0 aliphatic carbocycles. The predicted octanol–water partition coefficient (Wildman–Crippen LogP) is 0.933. The number of hydrogen-bond acceptors (Lipinski definition) is 4. The number of ether oxygens (including phenoxy) is 2. The number of carbonyl (C=O) groups is 1. The zero-order valence-electron chi connectivity index (χ0n) is 11.1. The Balaban J connectivity index is 2.06. The van der Waals surface area contributed by atoms with Crippen molar-refractivity contribution in [1.29, 1.82) is 0 Å². The molecule has 1 amide bonds. The fourth-order valence-electron chi connectivity index (χ4n) is 2.20. The number of methoxy groups -OCH3 is 1. The molecule has 19 heavy (non-hydrogen) atoms. The van der Waals surface area contributed by atoms with Gasteiger partial charge in [0.25, 0.3) is 5.91 Å². The molecule has 2 rings (SSSR count). The Morgan fingerprint density at radius 3 is 2.53 bits per heavy atom. The lowest BCUT2D eigenvalue weighted by atomic mass is 9.89. The van der Waals surface area contributed by atoms with Crippen LogP contribution in [-0.2, 0) is 4.74 Å². The third kappa shape index (κ3) is 3.24. The fourth-order valence-corrected chi connectivity index (χ4v) is 2.20. The Morgan fingerprint density at radius 1 is 1.37 bits per heavy atom. The number of carbonyl (C=O) groups excluding carboxylic acids is 1. The molecule has 1 aliphatic rings. The molecule has 5 nitrogen and oxygen atoms in total. The van der Waals surface area contributed by atoms with E-state index >= 15 is 0 Å². The summed E-state index contributed by atoms with van der Waals surface area (Å²) in [4.78, 5) is 12.2. The molecular formula is C14H20N2O3. The highest BCUT2D eigenvalue weighted by Crippen LogP contribution is 2.20. The van der Waals surface area contributed by atoms with E-state index < -0.39 is 0 Å². The van der Waals surface area contributed by atoms with Crippen molar-refractivity contribution in [3.63, 3.8) is 0 Å². The highest BCUT2D eigenvalue weighted by atomic mass is 16.5. The smallest absolute Gasteiger partial charge is 0.251 e. The van der Waals surface area contributed by atoms with Crippen molar-refractivity contribution in [2.24, 2.45) is 5.73 Å². The van der Waals surface area contributed by atoms with E-state index in [2.05, 4.69) is 5.32 Å². The Hall–Kier alpha value is -1.59. The number of rotatable bonds is 4. The Bertz CT molecular complexity index is 425. The number of hydrogen-bond donors (Lipinski definition) is 2. The largest absolute Gasteiger partial charge is 0.497 e. The molecular weight excluding hydrogens is 244 g/mol. The van der Waals surface area contributed by atoms with E-state index in [9.17, 15) is 4.79 Å². The summed E-state index contributed by atoms with van der Waals surface area (Å²) in [6.07, 6.45) is 1.51. The minimum Gasteiger partial charge on any atom is -0.497 e. The summed E-state index contributed by atoms with van der Waals surface area (Å²) in [6, 6.07) is 7.04. The highest BCUT2D eigenvalue weighted by Gasteiger charge is 2.32. The van der Waals surface area contributed by atoms with Gasteiger partial charge in [-0.2, -0.15) is 0 Å². The quantitative estimate of drug-likeness (QED) is 0.848. The molecule has 0 atom stereocenters. The van der Waals surface area contributed by atoms with Crippen molar-refractivity contribution < 1.29 is 14.3 Å². The van der Waals surface area contributed by atoms with Crippen LogP contribution in [0.25, 0.3) is 0 Å². The maximum atomic E-state index is 12.2. The van der Waals surface area contributed by atoms with Crippen molar-refractivity contribution in [3.8, 4) is 5.75 Å². The molecule has 1 fully saturated rings. The maximum Gasteiger partial charge on any atom is 0.251 e. The van der Waals surface area contributed by atoms with E-state index in [0.29, 0.717) is 25.3 Å². The third-order valence-corrected chi connectivity index (χ3v) is 3.57. The first-order valence-corrected chi connectivity index (χ1v) is 6.43. The molecule has 0 aromatic heterocycles. The zero-order chi connectivity index (χ0) is 13.7. The van der Waals surface area contributed by atoms with Gasteiger partial charge in [0.15, 0.2) is 0 Å². The van der Waals surface area contributed by atoms with Gasteiger partial charge >= 0.3 is 0 Å². The van der Waals surface area contributed by atoms with E-state index in [1.807, 2.05) is 0 Å². The van der Waals surface area contributed by atoms with Crippen LogP contribution in [0.4, 0.5) is 0 Å². The first kappa shape index (κ1) is 13.8. The summed E-state index contributed by atoms with van der Waals surface area (Å²) in [7, 11) is 1.60. The van der Waals surface area contributed by atoms with Gasteiger partial charge in [-0.05, 0) is 37.1 Å². The van der Waals surface area contributed by atoms with E-state index in [1.54, 1.807) is 31.4 Å². The number of benzene rings is 1. The lowest BCUT2D eigenvalue weighted by Crippen LogP contribution is -2.56. The van der Waals surface area contributed by atoms with E-state index in [4.69, 9.17) is 15.2 Å². The molecule has 1 aromatic rings. The average molecular weight is 264 g/mol. The molecule has 0 bridgehead atoms. The molecule has 0 unspecified atom stereocenters. The van der Waals surface area contributed by atoms with Crippen LogP contribution in [0.3, 0.4) is 0 Å². The molecule has 5 heteroatoms. The first-order chi connectivity index (χ1) is 9.19. The Labute approximate surface area is 113 Å². The summed E-state index contributed by atoms with van der Waals surface area (Å²) in [5.74, 6) is 0.631. The summed E-state index contributed by atoms with van der Waals surface area (Å²) >= 11 is 0. The molecule has 1 aliphatic heterocycles. The van der Waals surface area contributed by atoms with Crippen LogP contribution in [0.5, 0.6) is 5.75 Å². The van der Waals surface area contributed by atoms with E-state index in [-0.39, 0.29) is 11.4 Å². The molecule has 1 aromatic carbocycles.